The Morgan fingerprint density at radius 3 is 2.06 bits per heavy atom. The van der Waals surface area contributed by atoms with E-state index in [2.05, 4.69) is 34.9 Å². The molecule has 35 heavy (non-hydrogen) atoms. The second-order valence-corrected chi connectivity index (χ2v) is 8.92. The molecule has 7 heteroatoms. The Kier molecular flexibility index (Phi) is 7.15. The maximum atomic E-state index is 12.7. The molecule has 4 rings (SSSR count). The summed E-state index contributed by atoms with van der Waals surface area (Å²) in [6, 6.07) is 21.9. The van der Waals surface area contributed by atoms with Gasteiger partial charge in [-0.2, -0.15) is 0 Å². The zero-order chi connectivity index (χ0) is 24.9. The number of carboxylic acid groups (broad SMARTS) is 1. The number of anilines is 1. The summed E-state index contributed by atoms with van der Waals surface area (Å²) in [6.07, 6.45) is -0.611. The average Bonchev–Trinajstić information content (AvgIpc) is 3.16. The Balaban J connectivity index is 1.38. The van der Waals surface area contributed by atoms with Crippen LogP contribution >= 0.6 is 0 Å². The van der Waals surface area contributed by atoms with Gasteiger partial charge in [0.05, 0.1) is 11.3 Å². The molecule has 0 aromatic heterocycles. The fourth-order valence-corrected chi connectivity index (χ4v) is 4.42. The lowest BCUT2D eigenvalue weighted by Crippen LogP contribution is -2.41. The van der Waals surface area contributed by atoms with Gasteiger partial charge in [-0.05, 0) is 40.3 Å². The van der Waals surface area contributed by atoms with Crippen molar-refractivity contribution in [1.29, 1.82) is 0 Å². The summed E-state index contributed by atoms with van der Waals surface area (Å²) in [6.45, 7) is 3.97. The lowest BCUT2D eigenvalue weighted by molar-refractivity contribution is -0.116. The molecule has 0 heterocycles. The van der Waals surface area contributed by atoms with E-state index >= 15 is 0 Å². The molecular weight excluding hydrogens is 444 g/mol. The van der Waals surface area contributed by atoms with Crippen LogP contribution in [0.3, 0.4) is 0 Å². The Morgan fingerprint density at radius 1 is 0.886 bits per heavy atom. The number of hydrogen-bond acceptors (Lipinski definition) is 4. The highest BCUT2D eigenvalue weighted by molar-refractivity contribution is 6.00. The first-order chi connectivity index (χ1) is 16.8. The Morgan fingerprint density at radius 2 is 1.46 bits per heavy atom. The van der Waals surface area contributed by atoms with Crippen LogP contribution in [0.1, 0.15) is 47.7 Å². The lowest BCUT2D eigenvalue weighted by Gasteiger charge is -2.22. The SMILES string of the molecule is CC(C)[C@@H](CC(=O)Nc1ccccc1C(=O)O)NC(=O)OCC1c2ccccc2-c2ccccc21. The van der Waals surface area contributed by atoms with Crippen molar-refractivity contribution in [3.05, 3.63) is 89.5 Å². The predicted molar refractivity (Wildman–Crippen MR) is 133 cm³/mol. The molecule has 0 aliphatic heterocycles. The summed E-state index contributed by atoms with van der Waals surface area (Å²) in [5, 5.41) is 14.8. The van der Waals surface area contributed by atoms with Gasteiger partial charge in [0.2, 0.25) is 5.91 Å². The summed E-state index contributed by atoms with van der Waals surface area (Å²) in [7, 11) is 0. The third-order valence-electron chi connectivity index (χ3n) is 6.29. The van der Waals surface area contributed by atoms with E-state index in [-0.39, 0.29) is 36.1 Å². The normalized spacial score (nSPS) is 13.0. The minimum Gasteiger partial charge on any atom is -0.478 e. The predicted octanol–water partition coefficient (Wildman–Crippen LogP) is 5.28. The van der Waals surface area contributed by atoms with Gasteiger partial charge in [-0.3, -0.25) is 4.79 Å². The molecule has 0 spiro atoms. The number of carbonyl (C=O) groups excluding carboxylic acids is 2. The van der Waals surface area contributed by atoms with Gasteiger partial charge >= 0.3 is 12.1 Å². The molecule has 3 aromatic carbocycles. The largest absolute Gasteiger partial charge is 0.478 e. The highest BCUT2D eigenvalue weighted by Crippen LogP contribution is 2.44. The number of para-hydroxylation sites is 1. The van der Waals surface area contributed by atoms with Gasteiger partial charge in [-0.1, -0.05) is 74.5 Å². The second-order valence-electron chi connectivity index (χ2n) is 8.92. The lowest BCUT2D eigenvalue weighted by atomic mass is 9.98. The first kappa shape index (κ1) is 24.0. The van der Waals surface area contributed by atoms with Crippen molar-refractivity contribution in [3.63, 3.8) is 0 Å². The Bertz CT molecular complexity index is 1210. The van der Waals surface area contributed by atoms with Crippen LogP contribution < -0.4 is 10.6 Å². The van der Waals surface area contributed by atoms with Crippen LogP contribution in [0.15, 0.2) is 72.8 Å². The third kappa shape index (κ3) is 5.35. The number of amides is 2. The number of carbonyl (C=O) groups is 3. The fourth-order valence-electron chi connectivity index (χ4n) is 4.42. The summed E-state index contributed by atoms with van der Waals surface area (Å²) < 4.78 is 5.61. The molecule has 0 unspecified atom stereocenters. The number of alkyl carbamates (subject to hydrolysis) is 1. The second kappa shape index (κ2) is 10.4. The highest BCUT2D eigenvalue weighted by Gasteiger charge is 2.29. The maximum Gasteiger partial charge on any atom is 0.407 e. The zero-order valence-corrected chi connectivity index (χ0v) is 19.7. The summed E-state index contributed by atoms with van der Waals surface area (Å²) in [4.78, 5) is 36.7. The molecule has 0 bridgehead atoms. The van der Waals surface area contributed by atoms with Crippen LogP contribution in [0.25, 0.3) is 11.1 Å². The molecule has 180 valence electrons. The van der Waals surface area contributed by atoms with Crippen molar-refractivity contribution in [3.8, 4) is 11.1 Å². The first-order valence-electron chi connectivity index (χ1n) is 11.6. The van der Waals surface area contributed by atoms with Gasteiger partial charge in [-0.15, -0.1) is 0 Å². The van der Waals surface area contributed by atoms with Gasteiger partial charge in [0.1, 0.15) is 6.61 Å². The zero-order valence-electron chi connectivity index (χ0n) is 19.7. The van der Waals surface area contributed by atoms with Crippen LogP contribution in [0.5, 0.6) is 0 Å². The Hall–Kier alpha value is -4.13. The van der Waals surface area contributed by atoms with Gasteiger partial charge < -0.3 is 20.5 Å². The summed E-state index contributed by atoms with van der Waals surface area (Å²) in [5.74, 6) is -1.62. The number of fused-ring (bicyclic) bond motifs is 3. The molecule has 1 aliphatic carbocycles. The molecule has 1 atom stereocenters. The molecule has 0 saturated heterocycles. The maximum absolute atomic E-state index is 12.7. The number of benzene rings is 3. The van der Waals surface area contributed by atoms with Crippen molar-refractivity contribution in [2.75, 3.05) is 11.9 Å². The molecular formula is C28H28N2O5. The van der Waals surface area contributed by atoms with Crippen molar-refractivity contribution in [1.82, 2.24) is 5.32 Å². The van der Waals surface area contributed by atoms with Crippen LogP contribution in [0.4, 0.5) is 10.5 Å². The van der Waals surface area contributed by atoms with E-state index in [4.69, 9.17) is 4.74 Å². The van der Waals surface area contributed by atoms with E-state index in [1.807, 2.05) is 38.1 Å². The minimum absolute atomic E-state index is 0.00596. The number of carboxylic acids is 1. The Labute approximate surface area is 204 Å². The molecule has 7 nitrogen and oxygen atoms in total. The van der Waals surface area contributed by atoms with Crippen molar-refractivity contribution in [2.24, 2.45) is 5.92 Å². The van der Waals surface area contributed by atoms with Gasteiger partial charge in [0, 0.05) is 18.4 Å². The van der Waals surface area contributed by atoms with Crippen molar-refractivity contribution in [2.45, 2.75) is 32.2 Å². The quantitative estimate of drug-likeness (QED) is 0.414. The molecule has 0 radical (unpaired) electrons. The standard InChI is InChI=1S/C28H28N2O5/c1-17(2)25(15-26(31)29-24-14-8-7-13-22(24)27(32)33)30-28(34)35-16-23-20-11-5-3-9-18(20)19-10-4-6-12-21(19)23/h3-14,17,23,25H,15-16H2,1-2H3,(H,29,31)(H,30,34)(H,32,33)/t25-/m1/s1. The van der Waals surface area contributed by atoms with Gasteiger partial charge in [0.15, 0.2) is 0 Å². The van der Waals surface area contributed by atoms with E-state index < -0.39 is 24.0 Å². The fraction of sp³-hybridized carbons (Fsp3) is 0.250. The number of rotatable bonds is 8. The molecule has 3 aromatic rings. The van der Waals surface area contributed by atoms with E-state index in [9.17, 15) is 19.5 Å². The van der Waals surface area contributed by atoms with E-state index in [0.29, 0.717) is 0 Å². The average molecular weight is 473 g/mol. The molecule has 0 saturated carbocycles. The number of ether oxygens (including phenoxy) is 1. The number of nitrogens with one attached hydrogen (secondary N) is 2. The van der Waals surface area contributed by atoms with Crippen molar-refractivity contribution < 1.29 is 24.2 Å². The van der Waals surface area contributed by atoms with Crippen LogP contribution in [-0.4, -0.2) is 35.7 Å². The van der Waals surface area contributed by atoms with Crippen LogP contribution in [-0.2, 0) is 9.53 Å². The molecule has 3 N–H and O–H groups in total. The van der Waals surface area contributed by atoms with E-state index in [0.717, 1.165) is 22.3 Å². The smallest absolute Gasteiger partial charge is 0.407 e. The molecule has 2 amide bonds. The minimum atomic E-state index is -1.13. The third-order valence-corrected chi connectivity index (χ3v) is 6.29. The van der Waals surface area contributed by atoms with Crippen molar-refractivity contribution >= 4 is 23.7 Å². The van der Waals surface area contributed by atoms with Crippen LogP contribution in [0.2, 0.25) is 0 Å². The van der Waals surface area contributed by atoms with Crippen LogP contribution in [0, 0.1) is 5.92 Å². The number of hydrogen-bond donors (Lipinski definition) is 3. The summed E-state index contributed by atoms with van der Waals surface area (Å²) >= 11 is 0. The first-order valence-corrected chi connectivity index (χ1v) is 11.6. The van der Waals surface area contributed by atoms with Gasteiger partial charge in [-0.25, -0.2) is 9.59 Å². The number of aromatic carboxylic acids is 1. The molecule has 1 aliphatic rings. The van der Waals surface area contributed by atoms with Gasteiger partial charge in [0.25, 0.3) is 0 Å². The summed E-state index contributed by atoms with van der Waals surface area (Å²) in [5.41, 5.74) is 4.77. The van der Waals surface area contributed by atoms with E-state index in [1.165, 1.54) is 12.1 Å². The molecule has 0 fully saturated rings. The van der Waals surface area contributed by atoms with E-state index in [1.54, 1.807) is 12.1 Å². The topological polar surface area (TPSA) is 105 Å². The monoisotopic (exact) mass is 472 g/mol. The highest BCUT2D eigenvalue weighted by atomic mass is 16.5.